The fourth-order valence-electron chi connectivity index (χ4n) is 3.38. The van der Waals surface area contributed by atoms with Crippen LogP contribution in [0.4, 0.5) is 0 Å². The van der Waals surface area contributed by atoms with Crippen LogP contribution in [0.2, 0.25) is 0 Å². The van der Waals surface area contributed by atoms with Crippen molar-refractivity contribution in [2.75, 3.05) is 19.8 Å². The molecule has 0 bridgehead atoms. The normalized spacial score (nSPS) is 15.2. The molecule has 0 aliphatic carbocycles. The summed E-state index contributed by atoms with van der Waals surface area (Å²) in [6.45, 7) is 9.86. The molecule has 1 aromatic rings. The molecule has 0 unspecified atom stereocenters. The summed E-state index contributed by atoms with van der Waals surface area (Å²) in [5, 5.41) is 3.01. The second kappa shape index (κ2) is 10.9. The molecule has 1 aliphatic rings. The van der Waals surface area contributed by atoms with Crippen molar-refractivity contribution in [1.29, 1.82) is 0 Å². The van der Waals surface area contributed by atoms with E-state index in [1.54, 1.807) is 19.3 Å². The topological polar surface area (TPSA) is 68.3 Å². The van der Waals surface area contributed by atoms with Gasteiger partial charge >= 0.3 is 0 Å². The summed E-state index contributed by atoms with van der Waals surface area (Å²) in [7, 11) is 0. The molecule has 5 nitrogen and oxygen atoms in total. The number of aromatic nitrogens is 1. The van der Waals surface area contributed by atoms with Crippen LogP contribution < -0.4 is 5.32 Å². The molecule has 0 atom stereocenters. The number of hydrogen-bond acceptors (Lipinski definition) is 4. The van der Waals surface area contributed by atoms with E-state index in [1.807, 2.05) is 32.9 Å². The van der Waals surface area contributed by atoms with Crippen molar-refractivity contribution in [2.24, 2.45) is 5.92 Å². The van der Waals surface area contributed by atoms with Gasteiger partial charge in [-0.25, -0.2) is 0 Å². The van der Waals surface area contributed by atoms with Crippen LogP contribution in [0.3, 0.4) is 0 Å². The van der Waals surface area contributed by atoms with Crippen LogP contribution in [0.5, 0.6) is 0 Å². The van der Waals surface area contributed by atoms with Crippen molar-refractivity contribution in [3.63, 3.8) is 0 Å². The van der Waals surface area contributed by atoms with Gasteiger partial charge in [0, 0.05) is 37.7 Å². The summed E-state index contributed by atoms with van der Waals surface area (Å²) in [6.07, 6.45) is 9.03. The number of pyridine rings is 1. The molecule has 1 fully saturated rings. The highest BCUT2D eigenvalue weighted by molar-refractivity contribution is 5.98. The number of ether oxygens (including phenoxy) is 1. The van der Waals surface area contributed by atoms with Gasteiger partial charge in [0.25, 0.3) is 5.91 Å². The zero-order valence-corrected chi connectivity index (χ0v) is 17.5. The number of rotatable bonds is 8. The molecule has 0 aromatic carbocycles. The number of allylic oxidation sites excluding steroid dienone is 4. The molecular formula is C23H32N2O3. The Morgan fingerprint density at radius 3 is 2.46 bits per heavy atom. The maximum atomic E-state index is 12.6. The monoisotopic (exact) mass is 384 g/mol. The zero-order valence-electron chi connectivity index (χ0n) is 17.5. The molecule has 1 amide bonds. The molecule has 0 saturated carbocycles. The Labute approximate surface area is 168 Å². The first-order valence-corrected chi connectivity index (χ1v) is 10.1. The minimum Gasteiger partial charge on any atom is -0.381 e. The second-order valence-electron chi connectivity index (χ2n) is 7.56. The highest BCUT2D eigenvalue weighted by atomic mass is 16.5. The molecule has 5 heteroatoms. The standard InChI is InChI=1S/C23H32N2O3/c1-5-19(17(4)26)13-22(16(2)3)20-12-21(15-24-14-20)23(27)25-9-6-18-7-10-28-11-8-18/h12-15,18H,5-11H2,1-4H3,(H,25,27)/b19-13-. The Bertz CT molecular complexity index is 755. The number of ketones is 1. The molecule has 0 radical (unpaired) electrons. The third-order valence-electron chi connectivity index (χ3n) is 5.18. The number of carbonyl (C=O) groups excluding carboxylic acids is 2. The van der Waals surface area contributed by atoms with Crippen LogP contribution in [-0.4, -0.2) is 36.4 Å². The van der Waals surface area contributed by atoms with Crippen molar-refractivity contribution in [1.82, 2.24) is 10.3 Å². The van der Waals surface area contributed by atoms with E-state index in [0.29, 0.717) is 24.4 Å². The van der Waals surface area contributed by atoms with Crippen LogP contribution >= 0.6 is 0 Å². The third-order valence-corrected chi connectivity index (χ3v) is 5.18. The molecule has 2 heterocycles. The third kappa shape index (κ3) is 6.41. The van der Waals surface area contributed by atoms with Gasteiger partial charge in [0.1, 0.15) is 0 Å². The lowest BCUT2D eigenvalue weighted by Crippen LogP contribution is -2.27. The summed E-state index contributed by atoms with van der Waals surface area (Å²) in [4.78, 5) is 28.6. The van der Waals surface area contributed by atoms with Gasteiger partial charge in [0.2, 0.25) is 0 Å². The van der Waals surface area contributed by atoms with E-state index in [4.69, 9.17) is 4.74 Å². The van der Waals surface area contributed by atoms with E-state index < -0.39 is 0 Å². The van der Waals surface area contributed by atoms with E-state index in [0.717, 1.165) is 54.8 Å². The van der Waals surface area contributed by atoms with Crippen molar-refractivity contribution in [3.8, 4) is 0 Å². The minimum atomic E-state index is -0.110. The van der Waals surface area contributed by atoms with Crippen LogP contribution in [0, 0.1) is 5.92 Å². The molecular weight excluding hydrogens is 352 g/mol. The van der Waals surface area contributed by atoms with Crippen molar-refractivity contribution in [2.45, 2.75) is 53.4 Å². The molecule has 0 spiro atoms. The zero-order chi connectivity index (χ0) is 20.5. The van der Waals surface area contributed by atoms with Gasteiger partial charge in [-0.3, -0.25) is 14.6 Å². The molecule has 1 N–H and O–H groups in total. The smallest absolute Gasteiger partial charge is 0.252 e. The summed E-state index contributed by atoms with van der Waals surface area (Å²) in [6, 6.07) is 1.85. The van der Waals surface area contributed by atoms with Crippen LogP contribution in [-0.2, 0) is 9.53 Å². The van der Waals surface area contributed by atoms with Crippen molar-refractivity contribution < 1.29 is 14.3 Å². The summed E-state index contributed by atoms with van der Waals surface area (Å²) in [5.41, 5.74) is 4.17. The molecule has 2 rings (SSSR count). The summed E-state index contributed by atoms with van der Waals surface area (Å²) >= 11 is 0. The summed E-state index contributed by atoms with van der Waals surface area (Å²) < 4.78 is 5.38. The van der Waals surface area contributed by atoms with Crippen LogP contribution in [0.15, 0.2) is 35.7 Å². The largest absolute Gasteiger partial charge is 0.381 e. The van der Waals surface area contributed by atoms with E-state index in [2.05, 4.69) is 10.3 Å². The van der Waals surface area contributed by atoms with Crippen LogP contribution in [0.1, 0.15) is 69.3 Å². The van der Waals surface area contributed by atoms with Gasteiger partial charge in [-0.15, -0.1) is 0 Å². The molecule has 1 saturated heterocycles. The number of carbonyl (C=O) groups is 2. The van der Waals surface area contributed by atoms with E-state index >= 15 is 0 Å². The quantitative estimate of drug-likeness (QED) is 0.534. The van der Waals surface area contributed by atoms with Gasteiger partial charge in [-0.1, -0.05) is 12.5 Å². The average molecular weight is 385 g/mol. The molecule has 1 aromatic heterocycles. The Kier molecular flexibility index (Phi) is 8.58. The lowest BCUT2D eigenvalue weighted by molar-refractivity contribution is -0.113. The highest BCUT2D eigenvalue weighted by Crippen LogP contribution is 2.23. The van der Waals surface area contributed by atoms with E-state index in [1.165, 1.54) is 0 Å². The maximum absolute atomic E-state index is 12.6. The molecule has 1 aliphatic heterocycles. The fourth-order valence-corrected chi connectivity index (χ4v) is 3.38. The fraction of sp³-hybridized carbons (Fsp3) is 0.522. The Morgan fingerprint density at radius 1 is 1.18 bits per heavy atom. The summed E-state index contributed by atoms with van der Waals surface area (Å²) in [5.74, 6) is 0.581. The van der Waals surface area contributed by atoms with Gasteiger partial charge in [0.15, 0.2) is 5.78 Å². The SMILES string of the molecule is CC/C(=C/C(=C(C)C)c1cncc(C(=O)NCCC2CCOCC2)c1)C(C)=O. The highest BCUT2D eigenvalue weighted by Gasteiger charge is 2.15. The predicted octanol–water partition coefficient (Wildman–Crippen LogP) is 4.35. The van der Waals surface area contributed by atoms with E-state index in [-0.39, 0.29) is 11.7 Å². The van der Waals surface area contributed by atoms with E-state index in [9.17, 15) is 9.59 Å². The van der Waals surface area contributed by atoms with Gasteiger partial charge in [-0.05, 0) is 75.7 Å². The van der Waals surface area contributed by atoms with Crippen molar-refractivity contribution >= 4 is 17.3 Å². The Hall–Kier alpha value is -2.27. The average Bonchev–Trinajstić information content (AvgIpc) is 2.69. The number of nitrogens with one attached hydrogen (secondary N) is 1. The number of amides is 1. The van der Waals surface area contributed by atoms with Crippen LogP contribution in [0.25, 0.3) is 5.57 Å². The van der Waals surface area contributed by atoms with Gasteiger partial charge < -0.3 is 10.1 Å². The number of hydrogen-bond donors (Lipinski definition) is 1. The van der Waals surface area contributed by atoms with Crippen molar-refractivity contribution in [3.05, 3.63) is 46.8 Å². The number of Topliss-reactive ketones (excluding diaryl/α,β-unsaturated/α-hetero) is 1. The minimum absolute atomic E-state index is 0.0659. The second-order valence-corrected chi connectivity index (χ2v) is 7.56. The lowest BCUT2D eigenvalue weighted by Gasteiger charge is -2.21. The number of nitrogens with zero attached hydrogens (tertiary/aromatic N) is 1. The first kappa shape index (κ1) is 22.0. The maximum Gasteiger partial charge on any atom is 0.252 e. The molecule has 28 heavy (non-hydrogen) atoms. The molecule has 152 valence electrons. The van der Waals surface area contributed by atoms with Gasteiger partial charge in [-0.2, -0.15) is 0 Å². The predicted molar refractivity (Wildman–Crippen MR) is 112 cm³/mol. The first-order valence-electron chi connectivity index (χ1n) is 10.1. The Balaban J connectivity index is 2.09. The van der Waals surface area contributed by atoms with Gasteiger partial charge in [0.05, 0.1) is 5.56 Å². The lowest BCUT2D eigenvalue weighted by atomic mass is 9.96. The Morgan fingerprint density at radius 2 is 1.86 bits per heavy atom. The first-order chi connectivity index (χ1) is 13.4.